The minimum Gasteiger partial charge on any atom is -0.324 e. The van der Waals surface area contributed by atoms with E-state index in [4.69, 9.17) is 5.84 Å². The molecule has 0 atom stereocenters. The zero-order chi connectivity index (χ0) is 12.1. The lowest BCUT2D eigenvalue weighted by Crippen LogP contribution is -2.19. The topological polar surface area (TPSA) is 38.0 Å². The normalized spacial score (nSPS) is 10.2. The van der Waals surface area contributed by atoms with Gasteiger partial charge in [-0.2, -0.15) is 0 Å². The van der Waals surface area contributed by atoms with Gasteiger partial charge in [0.25, 0.3) is 0 Å². The van der Waals surface area contributed by atoms with Crippen LogP contribution in [0.1, 0.15) is 43.0 Å². The first kappa shape index (κ1) is 12.8. The highest BCUT2D eigenvalue weighted by Gasteiger charge is 2.08. The van der Waals surface area contributed by atoms with Crippen molar-refractivity contribution in [1.82, 2.24) is 5.43 Å². The summed E-state index contributed by atoms with van der Waals surface area (Å²) in [6, 6.07) is 4.39. The van der Waals surface area contributed by atoms with E-state index in [1.165, 1.54) is 16.7 Å². The van der Waals surface area contributed by atoms with Gasteiger partial charge >= 0.3 is 0 Å². The van der Waals surface area contributed by atoms with E-state index in [9.17, 15) is 0 Å². The van der Waals surface area contributed by atoms with Crippen LogP contribution in [0.15, 0.2) is 18.7 Å². The van der Waals surface area contributed by atoms with Gasteiger partial charge in [-0.15, -0.1) is 0 Å². The van der Waals surface area contributed by atoms with Crippen molar-refractivity contribution in [2.75, 3.05) is 0 Å². The lowest BCUT2D eigenvalue weighted by molar-refractivity contribution is 0.963. The Balaban J connectivity index is 3.31. The maximum atomic E-state index is 5.41. The fourth-order valence-electron chi connectivity index (χ4n) is 2.14. The van der Waals surface area contributed by atoms with Gasteiger partial charge in [-0.05, 0) is 53.6 Å². The molecule has 2 nitrogen and oxygen atoms in total. The molecular formula is C14H22N2. The van der Waals surface area contributed by atoms with E-state index in [0.717, 1.165) is 30.5 Å². The van der Waals surface area contributed by atoms with Crippen molar-refractivity contribution in [3.05, 3.63) is 41.0 Å². The highest BCUT2D eigenvalue weighted by Crippen LogP contribution is 2.22. The molecule has 1 aromatic rings. The molecule has 0 aliphatic carbocycles. The van der Waals surface area contributed by atoms with Gasteiger partial charge in [0.2, 0.25) is 0 Å². The predicted octanol–water partition coefficient (Wildman–Crippen LogP) is 2.81. The van der Waals surface area contributed by atoms with Crippen molar-refractivity contribution < 1.29 is 0 Å². The van der Waals surface area contributed by atoms with E-state index in [1.807, 2.05) is 0 Å². The van der Waals surface area contributed by atoms with Gasteiger partial charge in [0.05, 0.1) is 0 Å². The summed E-state index contributed by atoms with van der Waals surface area (Å²) in [6.07, 6.45) is 3.21. The Morgan fingerprint density at radius 3 is 1.94 bits per heavy atom. The Morgan fingerprint density at radius 1 is 1.12 bits per heavy atom. The Bertz CT molecular complexity index is 355. The molecule has 0 spiro atoms. The van der Waals surface area contributed by atoms with E-state index in [-0.39, 0.29) is 0 Å². The second kappa shape index (κ2) is 5.71. The van der Waals surface area contributed by atoms with Crippen LogP contribution in [0.2, 0.25) is 0 Å². The molecule has 0 radical (unpaired) electrons. The van der Waals surface area contributed by atoms with E-state index in [2.05, 4.69) is 44.9 Å². The number of nitrogens with two attached hydrogens (primary N) is 1. The second-order valence-corrected chi connectivity index (χ2v) is 3.96. The molecule has 1 rings (SSSR count). The molecule has 0 aromatic heterocycles. The van der Waals surface area contributed by atoms with Crippen LogP contribution in [-0.2, 0) is 19.3 Å². The molecule has 0 aliphatic rings. The van der Waals surface area contributed by atoms with Crippen molar-refractivity contribution in [2.24, 2.45) is 5.84 Å². The summed E-state index contributed by atoms with van der Waals surface area (Å²) in [7, 11) is 0. The third-order valence-corrected chi connectivity index (χ3v) is 3.07. The summed E-state index contributed by atoms with van der Waals surface area (Å²) in [5.74, 6) is 5.41. The van der Waals surface area contributed by atoms with Crippen LogP contribution in [0.25, 0.3) is 5.70 Å². The third kappa shape index (κ3) is 2.45. The summed E-state index contributed by atoms with van der Waals surface area (Å²) < 4.78 is 0. The Kier molecular flexibility index (Phi) is 4.56. The highest BCUT2D eigenvalue weighted by molar-refractivity contribution is 5.63. The first-order valence-electron chi connectivity index (χ1n) is 5.98. The van der Waals surface area contributed by atoms with Gasteiger partial charge in [-0.1, -0.05) is 27.4 Å². The molecule has 16 heavy (non-hydrogen) atoms. The maximum absolute atomic E-state index is 5.41. The van der Waals surface area contributed by atoms with Crippen molar-refractivity contribution in [1.29, 1.82) is 0 Å². The summed E-state index contributed by atoms with van der Waals surface area (Å²) in [6.45, 7) is 10.5. The van der Waals surface area contributed by atoms with Crippen LogP contribution in [-0.4, -0.2) is 0 Å². The Labute approximate surface area is 98.5 Å². The molecule has 88 valence electrons. The average Bonchev–Trinajstić information content (AvgIpc) is 2.35. The van der Waals surface area contributed by atoms with E-state index >= 15 is 0 Å². The zero-order valence-electron chi connectivity index (χ0n) is 10.6. The third-order valence-electron chi connectivity index (χ3n) is 3.07. The molecule has 0 saturated heterocycles. The SMILES string of the molecule is C=C(NN)c1cc(CC)c(CC)c(CC)c1. The summed E-state index contributed by atoms with van der Waals surface area (Å²) in [5.41, 5.74) is 8.82. The summed E-state index contributed by atoms with van der Waals surface area (Å²) >= 11 is 0. The molecule has 0 unspecified atom stereocenters. The summed E-state index contributed by atoms with van der Waals surface area (Å²) in [5, 5.41) is 0. The molecule has 2 heteroatoms. The van der Waals surface area contributed by atoms with Crippen LogP contribution in [0.5, 0.6) is 0 Å². The molecule has 0 saturated carbocycles. The molecule has 0 heterocycles. The number of rotatable bonds is 5. The molecule has 1 aromatic carbocycles. The quantitative estimate of drug-likeness (QED) is 0.589. The van der Waals surface area contributed by atoms with Crippen LogP contribution in [0.3, 0.4) is 0 Å². The van der Waals surface area contributed by atoms with Crippen molar-refractivity contribution >= 4 is 5.70 Å². The van der Waals surface area contributed by atoms with Crippen molar-refractivity contribution in [3.8, 4) is 0 Å². The highest BCUT2D eigenvalue weighted by atomic mass is 15.2. The molecule has 3 N–H and O–H groups in total. The van der Waals surface area contributed by atoms with E-state index in [1.54, 1.807) is 0 Å². The largest absolute Gasteiger partial charge is 0.324 e. The minimum absolute atomic E-state index is 0.784. The lowest BCUT2D eigenvalue weighted by Gasteiger charge is -2.15. The van der Waals surface area contributed by atoms with Gasteiger partial charge in [0.1, 0.15) is 0 Å². The van der Waals surface area contributed by atoms with Crippen LogP contribution >= 0.6 is 0 Å². The first-order chi connectivity index (χ1) is 7.67. The summed E-state index contributed by atoms with van der Waals surface area (Å²) in [4.78, 5) is 0. The number of nitrogens with one attached hydrogen (secondary N) is 1. The second-order valence-electron chi connectivity index (χ2n) is 3.96. The smallest absolute Gasteiger partial charge is 0.0485 e. The monoisotopic (exact) mass is 218 g/mol. The van der Waals surface area contributed by atoms with Gasteiger partial charge in [0.15, 0.2) is 0 Å². The lowest BCUT2D eigenvalue weighted by atomic mass is 9.92. The fraction of sp³-hybridized carbons (Fsp3) is 0.429. The minimum atomic E-state index is 0.784. The number of hydrogen-bond acceptors (Lipinski definition) is 2. The van der Waals surface area contributed by atoms with Crippen molar-refractivity contribution in [2.45, 2.75) is 40.0 Å². The Morgan fingerprint density at radius 2 is 1.62 bits per heavy atom. The number of hydrogen-bond donors (Lipinski definition) is 2. The first-order valence-corrected chi connectivity index (χ1v) is 5.98. The standard InChI is InChI=1S/C14H22N2/c1-5-11-8-13(10(4)16-15)9-12(6-2)14(11)7-3/h8-9,16H,4-7,15H2,1-3H3. The maximum Gasteiger partial charge on any atom is 0.0485 e. The molecular weight excluding hydrogens is 196 g/mol. The Hall–Kier alpha value is -1.28. The van der Waals surface area contributed by atoms with Crippen LogP contribution < -0.4 is 11.3 Å². The van der Waals surface area contributed by atoms with Gasteiger partial charge < -0.3 is 5.43 Å². The average molecular weight is 218 g/mol. The van der Waals surface area contributed by atoms with Gasteiger partial charge in [-0.25, -0.2) is 0 Å². The van der Waals surface area contributed by atoms with Crippen molar-refractivity contribution in [3.63, 3.8) is 0 Å². The van der Waals surface area contributed by atoms with Crippen LogP contribution in [0.4, 0.5) is 0 Å². The number of hydrazine groups is 1. The van der Waals surface area contributed by atoms with E-state index in [0.29, 0.717) is 0 Å². The molecule has 0 amide bonds. The van der Waals surface area contributed by atoms with Gasteiger partial charge in [-0.3, -0.25) is 5.84 Å². The number of benzene rings is 1. The van der Waals surface area contributed by atoms with Crippen LogP contribution in [0, 0.1) is 0 Å². The predicted molar refractivity (Wildman–Crippen MR) is 70.9 cm³/mol. The van der Waals surface area contributed by atoms with Gasteiger partial charge in [0, 0.05) is 5.70 Å². The molecule has 0 bridgehead atoms. The fourth-order valence-corrected chi connectivity index (χ4v) is 2.14. The van der Waals surface area contributed by atoms with E-state index < -0.39 is 0 Å². The number of aryl methyl sites for hydroxylation is 2. The molecule has 0 fully saturated rings. The molecule has 0 aliphatic heterocycles. The zero-order valence-corrected chi connectivity index (χ0v) is 10.6.